The fourth-order valence-electron chi connectivity index (χ4n) is 2.16. The van der Waals surface area contributed by atoms with E-state index in [9.17, 15) is 4.79 Å². The summed E-state index contributed by atoms with van der Waals surface area (Å²) >= 11 is 0. The van der Waals surface area contributed by atoms with Crippen LogP contribution in [0.3, 0.4) is 0 Å². The van der Waals surface area contributed by atoms with Crippen LogP contribution in [0.5, 0.6) is 0 Å². The number of unbranched alkanes of at least 4 members (excludes halogenated alkanes) is 7. The molecule has 0 aliphatic carbocycles. The molecule has 18 heavy (non-hydrogen) atoms. The number of hydrogen-bond donors (Lipinski definition) is 1. The number of likely N-dealkylation sites (N-methyl/N-ethyl adjacent to an activating group) is 1. The number of carboxylic acids is 1. The van der Waals surface area contributed by atoms with Crippen LogP contribution >= 0.6 is 0 Å². The third-order valence-corrected chi connectivity index (χ3v) is 3.61. The molecule has 0 aromatic heterocycles. The average Bonchev–Trinajstić information content (AvgIpc) is 2.31. The molecule has 0 aliphatic rings. The van der Waals surface area contributed by atoms with Crippen molar-refractivity contribution < 1.29 is 9.90 Å². The Hall–Kier alpha value is -0.570. The molecular formula is C15H31NO2. The molecule has 0 heterocycles. The summed E-state index contributed by atoms with van der Waals surface area (Å²) in [6.07, 6.45) is 11.8. The molecule has 1 N–H and O–H groups in total. The molecule has 0 saturated carbocycles. The van der Waals surface area contributed by atoms with E-state index in [1.54, 1.807) is 0 Å². The molecular weight excluding hydrogens is 226 g/mol. The number of carboxylic acid groups (broad SMARTS) is 1. The highest BCUT2D eigenvalue weighted by molar-refractivity contribution is 5.69. The Morgan fingerprint density at radius 1 is 1.06 bits per heavy atom. The van der Waals surface area contributed by atoms with Gasteiger partial charge in [-0.05, 0) is 20.4 Å². The van der Waals surface area contributed by atoms with Crippen LogP contribution in [0.2, 0.25) is 0 Å². The first-order valence-corrected chi connectivity index (χ1v) is 7.50. The van der Waals surface area contributed by atoms with Crippen LogP contribution in [-0.4, -0.2) is 35.6 Å². The summed E-state index contributed by atoms with van der Waals surface area (Å²) in [5.74, 6) is -0.736. The maximum absolute atomic E-state index is 10.6. The molecule has 1 atom stereocenters. The van der Waals surface area contributed by atoms with Crippen molar-refractivity contribution >= 4 is 5.97 Å². The lowest BCUT2D eigenvalue weighted by atomic mass is 10.0. The van der Waals surface area contributed by atoms with Gasteiger partial charge in [0.15, 0.2) is 0 Å². The van der Waals surface area contributed by atoms with E-state index >= 15 is 0 Å². The fraction of sp³-hybridized carbons (Fsp3) is 0.933. The van der Waals surface area contributed by atoms with Crippen molar-refractivity contribution in [1.82, 2.24) is 4.90 Å². The molecule has 108 valence electrons. The fourth-order valence-corrected chi connectivity index (χ4v) is 2.16. The summed E-state index contributed by atoms with van der Waals surface area (Å²) in [5.41, 5.74) is 0. The molecule has 3 nitrogen and oxygen atoms in total. The zero-order valence-electron chi connectivity index (χ0n) is 12.5. The lowest BCUT2D eigenvalue weighted by molar-refractivity contribution is -0.138. The molecule has 0 spiro atoms. The van der Waals surface area contributed by atoms with Crippen molar-refractivity contribution in [3.63, 3.8) is 0 Å². The van der Waals surface area contributed by atoms with E-state index in [0.29, 0.717) is 6.04 Å². The zero-order chi connectivity index (χ0) is 13.8. The first-order valence-electron chi connectivity index (χ1n) is 7.50. The molecule has 0 aromatic rings. The van der Waals surface area contributed by atoms with Crippen LogP contribution < -0.4 is 0 Å². The summed E-state index contributed by atoms with van der Waals surface area (Å²) in [6.45, 7) is 4.51. The van der Waals surface area contributed by atoms with Crippen molar-refractivity contribution in [1.29, 1.82) is 0 Å². The van der Waals surface area contributed by atoms with Gasteiger partial charge in [-0.15, -0.1) is 0 Å². The lowest BCUT2D eigenvalue weighted by Crippen LogP contribution is -2.33. The minimum Gasteiger partial charge on any atom is -0.480 e. The Bertz CT molecular complexity index is 207. The predicted molar refractivity (Wildman–Crippen MR) is 77.0 cm³/mol. The number of carbonyl (C=O) groups is 1. The molecule has 0 amide bonds. The average molecular weight is 257 g/mol. The van der Waals surface area contributed by atoms with Gasteiger partial charge in [0, 0.05) is 6.04 Å². The Kier molecular flexibility index (Phi) is 11.2. The highest BCUT2D eigenvalue weighted by Gasteiger charge is 2.11. The summed E-state index contributed by atoms with van der Waals surface area (Å²) in [4.78, 5) is 12.5. The van der Waals surface area contributed by atoms with Gasteiger partial charge in [-0.2, -0.15) is 0 Å². The highest BCUT2D eigenvalue weighted by atomic mass is 16.4. The Labute approximate surface area is 113 Å². The molecule has 0 fully saturated rings. The molecule has 0 aliphatic heterocycles. The maximum atomic E-state index is 10.6. The van der Waals surface area contributed by atoms with Crippen molar-refractivity contribution in [3.8, 4) is 0 Å². The molecule has 0 saturated heterocycles. The predicted octanol–water partition coefficient (Wildman–Crippen LogP) is 3.92. The quantitative estimate of drug-likeness (QED) is 0.539. The van der Waals surface area contributed by atoms with Gasteiger partial charge in [0.2, 0.25) is 0 Å². The lowest BCUT2D eigenvalue weighted by Gasteiger charge is -2.22. The Balaban J connectivity index is 3.34. The van der Waals surface area contributed by atoms with Crippen LogP contribution in [0.15, 0.2) is 0 Å². The summed E-state index contributed by atoms with van der Waals surface area (Å²) < 4.78 is 0. The van der Waals surface area contributed by atoms with Crippen LogP contribution in [-0.2, 0) is 4.79 Å². The first-order chi connectivity index (χ1) is 8.57. The standard InChI is InChI=1S/C15H31NO2/c1-4-5-6-7-8-9-10-11-12-14(2)16(3)13-15(17)18/h14H,4-13H2,1-3H3,(H,17,18). The first kappa shape index (κ1) is 17.4. The second kappa shape index (κ2) is 11.5. The highest BCUT2D eigenvalue weighted by Crippen LogP contribution is 2.12. The van der Waals surface area contributed by atoms with Crippen molar-refractivity contribution in [2.75, 3.05) is 13.6 Å². The van der Waals surface area contributed by atoms with Crippen LogP contribution in [0, 0.1) is 0 Å². The number of nitrogens with zero attached hydrogens (tertiary/aromatic N) is 1. The second-order valence-electron chi connectivity index (χ2n) is 5.42. The van der Waals surface area contributed by atoms with Gasteiger partial charge in [0.25, 0.3) is 0 Å². The minimum atomic E-state index is -0.736. The van der Waals surface area contributed by atoms with E-state index in [1.807, 2.05) is 11.9 Å². The summed E-state index contributed by atoms with van der Waals surface area (Å²) in [6, 6.07) is 0.376. The van der Waals surface area contributed by atoms with E-state index < -0.39 is 5.97 Å². The van der Waals surface area contributed by atoms with Gasteiger partial charge >= 0.3 is 5.97 Å². The van der Waals surface area contributed by atoms with Crippen molar-refractivity contribution in [2.45, 2.75) is 77.7 Å². The monoisotopic (exact) mass is 257 g/mol. The largest absolute Gasteiger partial charge is 0.480 e. The molecule has 0 bridgehead atoms. The SMILES string of the molecule is CCCCCCCCCCC(C)N(C)CC(=O)O. The van der Waals surface area contributed by atoms with Crippen LogP contribution in [0.1, 0.15) is 71.6 Å². The van der Waals surface area contributed by atoms with E-state index in [-0.39, 0.29) is 6.54 Å². The third-order valence-electron chi connectivity index (χ3n) is 3.61. The minimum absolute atomic E-state index is 0.151. The number of rotatable bonds is 12. The van der Waals surface area contributed by atoms with Gasteiger partial charge in [-0.3, -0.25) is 9.69 Å². The Morgan fingerprint density at radius 2 is 1.56 bits per heavy atom. The second-order valence-corrected chi connectivity index (χ2v) is 5.42. The molecule has 0 radical (unpaired) electrons. The van der Waals surface area contributed by atoms with Crippen LogP contribution in [0.25, 0.3) is 0 Å². The van der Waals surface area contributed by atoms with Crippen LogP contribution in [0.4, 0.5) is 0 Å². The molecule has 0 aromatic carbocycles. The normalized spacial score (nSPS) is 12.9. The van der Waals surface area contributed by atoms with Gasteiger partial charge in [0.1, 0.15) is 0 Å². The summed E-state index contributed by atoms with van der Waals surface area (Å²) in [5, 5.41) is 8.70. The topological polar surface area (TPSA) is 40.5 Å². The zero-order valence-corrected chi connectivity index (χ0v) is 12.5. The van der Waals surface area contributed by atoms with Gasteiger partial charge in [-0.25, -0.2) is 0 Å². The van der Waals surface area contributed by atoms with E-state index in [2.05, 4.69) is 13.8 Å². The molecule has 1 unspecified atom stereocenters. The van der Waals surface area contributed by atoms with Crippen molar-refractivity contribution in [2.24, 2.45) is 0 Å². The smallest absolute Gasteiger partial charge is 0.317 e. The van der Waals surface area contributed by atoms with E-state index in [1.165, 1.54) is 51.4 Å². The van der Waals surface area contributed by atoms with E-state index in [4.69, 9.17) is 5.11 Å². The Morgan fingerprint density at radius 3 is 2.06 bits per heavy atom. The van der Waals surface area contributed by atoms with Gasteiger partial charge in [-0.1, -0.05) is 58.3 Å². The van der Waals surface area contributed by atoms with Gasteiger partial charge < -0.3 is 5.11 Å². The van der Waals surface area contributed by atoms with Crippen molar-refractivity contribution in [3.05, 3.63) is 0 Å². The maximum Gasteiger partial charge on any atom is 0.317 e. The molecule has 3 heteroatoms. The third kappa shape index (κ3) is 10.6. The van der Waals surface area contributed by atoms with Gasteiger partial charge in [0.05, 0.1) is 6.54 Å². The summed E-state index contributed by atoms with van der Waals surface area (Å²) in [7, 11) is 1.89. The molecule has 0 rings (SSSR count). The van der Waals surface area contributed by atoms with E-state index in [0.717, 1.165) is 6.42 Å². The number of hydrogen-bond acceptors (Lipinski definition) is 2. The number of aliphatic carboxylic acids is 1.